The van der Waals surface area contributed by atoms with Crippen molar-refractivity contribution in [3.05, 3.63) is 30.3 Å². The van der Waals surface area contributed by atoms with Crippen molar-refractivity contribution in [1.29, 1.82) is 0 Å². The fourth-order valence-corrected chi connectivity index (χ4v) is 2.24. The fraction of sp³-hybridized carbons (Fsp3) is 0.182. The molecule has 1 atom stereocenters. The van der Waals surface area contributed by atoms with Gasteiger partial charge in [0.1, 0.15) is 0 Å². The molecule has 15 heavy (non-hydrogen) atoms. The first-order valence-electron chi connectivity index (χ1n) is 4.72. The summed E-state index contributed by atoms with van der Waals surface area (Å²) in [6, 6.07) is 9.49. The van der Waals surface area contributed by atoms with Crippen LogP contribution in [0.4, 0.5) is 5.00 Å². The number of carbonyl (C=O) groups is 1. The molecule has 0 radical (unpaired) electrons. The highest BCUT2D eigenvalue weighted by atomic mass is 32.1. The number of nitrogens with one attached hydrogen (secondary N) is 1. The van der Waals surface area contributed by atoms with Crippen LogP contribution in [0, 0.1) is 0 Å². The molecular weight excluding hydrogens is 208 g/mol. The van der Waals surface area contributed by atoms with E-state index in [4.69, 9.17) is 5.73 Å². The summed E-state index contributed by atoms with van der Waals surface area (Å²) in [6.07, 6.45) is 0. The third-order valence-electron chi connectivity index (χ3n) is 2.09. The Labute approximate surface area is 91.9 Å². The monoisotopic (exact) mass is 220 g/mol. The van der Waals surface area contributed by atoms with Crippen LogP contribution >= 0.6 is 11.3 Å². The van der Waals surface area contributed by atoms with Crippen LogP contribution in [0.3, 0.4) is 0 Å². The zero-order valence-electron chi connectivity index (χ0n) is 8.36. The normalized spacial score (nSPS) is 12.7. The van der Waals surface area contributed by atoms with Gasteiger partial charge in [-0.25, -0.2) is 0 Å². The molecule has 2 rings (SSSR count). The minimum absolute atomic E-state index is 0.151. The number of anilines is 1. The van der Waals surface area contributed by atoms with Crippen molar-refractivity contribution in [2.45, 2.75) is 13.0 Å². The summed E-state index contributed by atoms with van der Waals surface area (Å²) in [4.78, 5) is 11.4. The molecule has 0 aliphatic carbocycles. The highest BCUT2D eigenvalue weighted by Gasteiger charge is 2.09. The molecule has 1 heterocycles. The van der Waals surface area contributed by atoms with Gasteiger partial charge in [-0.15, -0.1) is 11.3 Å². The van der Waals surface area contributed by atoms with Gasteiger partial charge in [-0.1, -0.05) is 18.2 Å². The lowest BCUT2D eigenvalue weighted by molar-refractivity contribution is -0.117. The lowest BCUT2D eigenvalue weighted by atomic mass is 10.3. The van der Waals surface area contributed by atoms with Gasteiger partial charge in [0.2, 0.25) is 5.91 Å². The van der Waals surface area contributed by atoms with Crippen molar-refractivity contribution in [1.82, 2.24) is 0 Å². The number of nitrogens with two attached hydrogens (primary N) is 1. The third-order valence-corrected chi connectivity index (χ3v) is 3.12. The number of hydrogen-bond acceptors (Lipinski definition) is 3. The van der Waals surface area contributed by atoms with Crippen molar-refractivity contribution in [2.75, 3.05) is 5.32 Å². The van der Waals surface area contributed by atoms with Gasteiger partial charge in [-0.2, -0.15) is 0 Å². The number of rotatable bonds is 2. The van der Waals surface area contributed by atoms with Crippen LogP contribution in [0.2, 0.25) is 0 Å². The summed E-state index contributed by atoms with van der Waals surface area (Å²) in [5.41, 5.74) is 5.47. The highest BCUT2D eigenvalue weighted by molar-refractivity contribution is 7.22. The van der Waals surface area contributed by atoms with Crippen molar-refractivity contribution < 1.29 is 4.79 Å². The molecule has 0 fully saturated rings. The third kappa shape index (κ3) is 2.16. The van der Waals surface area contributed by atoms with E-state index in [1.807, 2.05) is 30.3 Å². The molecule has 0 spiro atoms. The van der Waals surface area contributed by atoms with E-state index in [1.165, 1.54) is 0 Å². The van der Waals surface area contributed by atoms with Crippen molar-refractivity contribution in [3.8, 4) is 0 Å². The predicted molar refractivity (Wildman–Crippen MR) is 64.1 cm³/mol. The summed E-state index contributed by atoms with van der Waals surface area (Å²) in [5.74, 6) is -0.151. The van der Waals surface area contributed by atoms with Gasteiger partial charge in [0.05, 0.1) is 11.0 Å². The number of hydrogen-bond donors (Lipinski definition) is 2. The molecule has 78 valence electrons. The first-order chi connectivity index (χ1) is 7.16. The quantitative estimate of drug-likeness (QED) is 0.815. The van der Waals surface area contributed by atoms with E-state index in [9.17, 15) is 4.79 Å². The molecule has 2 aromatic rings. The summed E-state index contributed by atoms with van der Waals surface area (Å²) < 4.78 is 1.16. The summed E-state index contributed by atoms with van der Waals surface area (Å²) in [7, 11) is 0. The van der Waals surface area contributed by atoms with Gasteiger partial charge in [-0.3, -0.25) is 4.79 Å². The summed E-state index contributed by atoms with van der Waals surface area (Å²) in [5, 5.41) is 4.77. The van der Waals surface area contributed by atoms with Crippen molar-refractivity contribution in [3.63, 3.8) is 0 Å². The van der Waals surface area contributed by atoms with Crippen LogP contribution in [-0.4, -0.2) is 11.9 Å². The molecule has 3 nitrogen and oxygen atoms in total. The maximum Gasteiger partial charge on any atom is 0.241 e. The Bertz CT molecular complexity index is 457. The van der Waals surface area contributed by atoms with Crippen LogP contribution in [0.1, 0.15) is 6.92 Å². The Morgan fingerprint density at radius 1 is 1.47 bits per heavy atom. The van der Waals surface area contributed by atoms with Crippen molar-refractivity contribution >= 4 is 32.3 Å². The number of fused-ring (bicyclic) bond motifs is 1. The molecule has 1 unspecified atom stereocenters. The summed E-state index contributed by atoms with van der Waals surface area (Å²) >= 11 is 1.56. The van der Waals surface area contributed by atoms with Gasteiger partial charge >= 0.3 is 0 Å². The highest BCUT2D eigenvalue weighted by Crippen LogP contribution is 2.29. The molecule has 0 aliphatic heterocycles. The van der Waals surface area contributed by atoms with Gasteiger partial charge in [0.15, 0.2) is 0 Å². The van der Waals surface area contributed by atoms with E-state index in [2.05, 4.69) is 5.32 Å². The van der Waals surface area contributed by atoms with Crippen LogP contribution in [0.15, 0.2) is 30.3 Å². The SMILES string of the molecule is CC(N)C(=O)Nc1cc2ccccc2s1. The zero-order chi connectivity index (χ0) is 10.8. The molecule has 1 amide bonds. The topological polar surface area (TPSA) is 55.1 Å². The Kier molecular flexibility index (Phi) is 2.70. The summed E-state index contributed by atoms with van der Waals surface area (Å²) in [6.45, 7) is 1.67. The number of benzene rings is 1. The molecule has 4 heteroatoms. The maximum absolute atomic E-state index is 11.4. The zero-order valence-corrected chi connectivity index (χ0v) is 9.17. The van der Waals surface area contributed by atoms with E-state index in [-0.39, 0.29) is 5.91 Å². The number of carbonyl (C=O) groups excluding carboxylic acids is 1. The Morgan fingerprint density at radius 3 is 2.87 bits per heavy atom. The molecule has 3 N–H and O–H groups in total. The van der Waals surface area contributed by atoms with Crippen LogP contribution in [0.5, 0.6) is 0 Å². The predicted octanol–water partition coefficient (Wildman–Crippen LogP) is 2.19. The molecule has 1 aromatic carbocycles. The second kappa shape index (κ2) is 4.00. The molecule has 0 saturated heterocycles. The van der Waals surface area contributed by atoms with E-state index in [0.717, 1.165) is 15.1 Å². The number of amides is 1. The fourth-order valence-electron chi connectivity index (χ4n) is 1.28. The largest absolute Gasteiger partial charge is 0.320 e. The molecule has 0 aliphatic rings. The Balaban J connectivity index is 2.26. The van der Waals surface area contributed by atoms with E-state index >= 15 is 0 Å². The number of thiophene rings is 1. The molecule has 0 bridgehead atoms. The first kappa shape index (κ1) is 10.1. The van der Waals surface area contributed by atoms with Crippen LogP contribution in [-0.2, 0) is 4.79 Å². The second-order valence-corrected chi connectivity index (χ2v) is 4.51. The molecular formula is C11H12N2OS. The van der Waals surface area contributed by atoms with Gasteiger partial charge in [0, 0.05) is 4.70 Å². The van der Waals surface area contributed by atoms with Crippen LogP contribution < -0.4 is 11.1 Å². The molecule has 1 aromatic heterocycles. The first-order valence-corrected chi connectivity index (χ1v) is 5.53. The average Bonchev–Trinajstić information content (AvgIpc) is 2.59. The van der Waals surface area contributed by atoms with Gasteiger partial charge < -0.3 is 11.1 Å². The van der Waals surface area contributed by atoms with E-state index < -0.39 is 6.04 Å². The lowest BCUT2D eigenvalue weighted by Crippen LogP contribution is -2.32. The van der Waals surface area contributed by atoms with E-state index in [1.54, 1.807) is 18.3 Å². The maximum atomic E-state index is 11.4. The minimum atomic E-state index is -0.477. The van der Waals surface area contributed by atoms with Crippen molar-refractivity contribution in [2.24, 2.45) is 5.73 Å². The van der Waals surface area contributed by atoms with Gasteiger partial charge in [-0.05, 0) is 24.4 Å². The minimum Gasteiger partial charge on any atom is -0.320 e. The standard InChI is InChI=1S/C11H12N2OS/c1-7(12)11(14)13-10-6-8-4-2-3-5-9(8)15-10/h2-7H,12H2,1H3,(H,13,14). The Hall–Kier alpha value is -1.39. The average molecular weight is 220 g/mol. The van der Waals surface area contributed by atoms with Gasteiger partial charge in [0.25, 0.3) is 0 Å². The van der Waals surface area contributed by atoms with E-state index in [0.29, 0.717) is 0 Å². The lowest BCUT2D eigenvalue weighted by Gasteiger charge is -2.03. The smallest absolute Gasteiger partial charge is 0.241 e. The second-order valence-electron chi connectivity index (χ2n) is 3.43. The molecule has 0 saturated carbocycles. The Morgan fingerprint density at radius 2 is 2.20 bits per heavy atom. The van der Waals surface area contributed by atoms with Crippen LogP contribution in [0.25, 0.3) is 10.1 Å².